The highest BCUT2D eigenvalue weighted by molar-refractivity contribution is 6.00. The Labute approximate surface area is 219 Å². The molecule has 1 saturated carbocycles. The normalized spacial score (nSPS) is 18.9. The molecule has 1 aliphatic heterocycles. The van der Waals surface area contributed by atoms with Crippen molar-refractivity contribution in [3.63, 3.8) is 0 Å². The topological polar surface area (TPSA) is 120 Å². The molecule has 3 aromatic rings. The average Bonchev–Trinajstić information content (AvgIpc) is 3.34. The van der Waals surface area contributed by atoms with Crippen molar-refractivity contribution in [1.82, 2.24) is 24.2 Å². The lowest BCUT2D eigenvalue weighted by Crippen LogP contribution is -2.37. The van der Waals surface area contributed by atoms with E-state index in [2.05, 4.69) is 33.8 Å². The van der Waals surface area contributed by atoms with Crippen molar-refractivity contribution >= 4 is 28.7 Å². The maximum absolute atomic E-state index is 15.3. The Morgan fingerprint density at radius 2 is 2.11 bits per heavy atom. The number of benzene rings is 1. The Balaban J connectivity index is 1.54. The van der Waals surface area contributed by atoms with E-state index in [4.69, 9.17) is 10.5 Å². The number of nitrogens with two attached hydrogens (primary N) is 1. The first-order valence-electron chi connectivity index (χ1n) is 12.5. The van der Waals surface area contributed by atoms with E-state index >= 15 is 4.39 Å². The molecule has 2 aliphatic rings. The van der Waals surface area contributed by atoms with Gasteiger partial charge in [0.05, 0.1) is 30.5 Å². The molecule has 2 aromatic heterocycles. The number of methoxy groups -OCH3 is 1. The number of nitrogens with zero attached hydrogens (tertiary/aromatic N) is 5. The minimum Gasteiger partial charge on any atom is -0.383 e. The van der Waals surface area contributed by atoms with Gasteiger partial charge in [-0.15, -0.1) is 0 Å². The summed E-state index contributed by atoms with van der Waals surface area (Å²) in [6.07, 6.45) is 5.53. The van der Waals surface area contributed by atoms with Crippen molar-refractivity contribution in [3.8, 4) is 11.8 Å². The van der Waals surface area contributed by atoms with E-state index in [-0.39, 0.29) is 35.1 Å². The zero-order valence-corrected chi connectivity index (χ0v) is 21.6. The number of rotatable bonds is 7. The number of amides is 2. The van der Waals surface area contributed by atoms with Crippen LogP contribution < -0.4 is 11.1 Å². The van der Waals surface area contributed by atoms with Crippen LogP contribution in [-0.4, -0.2) is 69.4 Å². The van der Waals surface area contributed by atoms with Crippen molar-refractivity contribution in [2.24, 2.45) is 5.73 Å². The summed E-state index contributed by atoms with van der Waals surface area (Å²) in [5.41, 5.74) is 7.91. The number of ether oxygens (including phenoxy) is 1. The fraction of sp³-hybridized carbons (Fsp3) is 0.407. The second kappa shape index (κ2) is 9.95. The summed E-state index contributed by atoms with van der Waals surface area (Å²) in [5, 5.41) is 7.64. The van der Waals surface area contributed by atoms with Gasteiger partial charge in [-0.25, -0.2) is 14.1 Å². The molecule has 0 radical (unpaired) electrons. The lowest BCUT2D eigenvalue weighted by atomic mass is 10.1. The number of nitrogens with one attached hydrogen (secondary N) is 1. The molecule has 2 atom stereocenters. The van der Waals surface area contributed by atoms with Crippen LogP contribution in [0, 0.1) is 24.6 Å². The first-order valence-corrected chi connectivity index (χ1v) is 12.5. The highest BCUT2D eigenvalue weighted by Gasteiger charge is 2.38. The maximum atomic E-state index is 15.3. The number of imidazole rings is 1. The molecule has 1 aliphatic carbocycles. The number of carbonyl (C=O) groups excluding carboxylic acids is 2. The molecule has 0 bridgehead atoms. The summed E-state index contributed by atoms with van der Waals surface area (Å²) in [6.45, 7) is 5.97. The third-order valence-electron chi connectivity index (χ3n) is 7.25. The number of anilines is 1. The lowest BCUT2D eigenvalue weighted by molar-refractivity contribution is -0.127. The van der Waals surface area contributed by atoms with Crippen LogP contribution in [0.1, 0.15) is 58.5 Å². The largest absolute Gasteiger partial charge is 0.383 e. The van der Waals surface area contributed by atoms with E-state index in [0.29, 0.717) is 53.6 Å². The van der Waals surface area contributed by atoms with E-state index in [0.717, 1.165) is 12.8 Å². The van der Waals surface area contributed by atoms with Crippen LogP contribution in [-0.2, 0) is 9.53 Å². The second-order valence-corrected chi connectivity index (χ2v) is 9.69. The molecule has 1 aromatic carbocycles. The van der Waals surface area contributed by atoms with Gasteiger partial charge in [0, 0.05) is 37.9 Å². The number of fused-ring (bicyclic) bond motifs is 1. The van der Waals surface area contributed by atoms with Crippen LogP contribution >= 0.6 is 0 Å². The summed E-state index contributed by atoms with van der Waals surface area (Å²) in [4.78, 5) is 31.0. The Morgan fingerprint density at radius 3 is 2.74 bits per heavy atom. The number of primary amides is 1. The van der Waals surface area contributed by atoms with Gasteiger partial charge in [0.2, 0.25) is 5.91 Å². The maximum Gasteiger partial charge on any atom is 0.255 e. The van der Waals surface area contributed by atoms with Gasteiger partial charge in [0.15, 0.2) is 11.5 Å². The van der Waals surface area contributed by atoms with Gasteiger partial charge in [0.25, 0.3) is 5.91 Å². The molecule has 2 amide bonds. The Hall–Kier alpha value is -4.17. The van der Waals surface area contributed by atoms with Crippen LogP contribution in [0.5, 0.6) is 0 Å². The van der Waals surface area contributed by atoms with Crippen molar-refractivity contribution in [1.29, 1.82) is 0 Å². The van der Waals surface area contributed by atoms with E-state index < -0.39 is 5.91 Å². The Bertz CT molecular complexity index is 1510. The predicted molar refractivity (Wildman–Crippen MR) is 140 cm³/mol. The van der Waals surface area contributed by atoms with Crippen molar-refractivity contribution < 1.29 is 18.7 Å². The summed E-state index contributed by atoms with van der Waals surface area (Å²) in [5.74, 6) is 5.07. The van der Waals surface area contributed by atoms with E-state index in [1.807, 2.05) is 4.57 Å². The monoisotopic (exact) mass is 519 g/mol. The van der Waals surface area contributed by atoms with Gasteiger partial charge < -0.3 is 25.3 Å². The van der Waals surface area contributed by atoms with E-state index in [1.165, 1.54) is 6.08 Å². The van der Waals surface area contributed by atoms with Crippen LogP contribution in [0.15, 0.2) is 25.0 Å². The smallest absolute Gasteiger partial charge is 0.255 e. The number of hydrogen-bond acceptors (Lipinski definition) is 6. The molecule has 1 unspecified atom stereocenters. The standard InChI is InChI=1S/C27H30FN7O3/c1-5-22(36)33-12-18(11-19(33)13-38-4)35-27(30-3)23(26(29)37)20(32-35)9-6-16-10-21-25(24(28)15(16)2)34(14-31-21)17-7-8-17/h5,10,14,17-19,30H,1,7-8,11-13H2,2-4H3,(H2,29,37)/t18?,19-/m1/s1. The molecule has 11 heteroatoms. The average molecular weight is 520 g/mol. The number of aromatic nitrogens is 4. The lowest BCUT2D eigenvalue weighted by Gasteiger charge is -2.22. The molecule has 5 rings (SSSR count). The first-order chi connectivity index (χ1) is 18.3. The van der Waals surface area contributed by atoms with Crippen LogP contribution in [0.4, 0.5) is 10.2 Å². The third kappa shape index (κ3) is 4.31. The fourth-order valence-corrected chi connectivity index (χ4v) is 5.20. The molecule has 198 valence electrons. The van der Waals surface area contributed by atoms with E-state index in [9.17, 15) is 9.59 Å². The minimum atomic E-state index is -0.697. The molecule has 10 nitrogen and oxygen atoms in total. The van der Waals surface area contributed by atoms with Gasteiger partial charge >= 0.3 is 0 Å². The van der Waals surface area contributed by atoms with Crippen LogP contribution in [0.25, 0.3) is 11.0 Å². The summed E-state index contributed by atoms with van der Waals surface area (Å²) >= 11 is 0. The second-order valence-electron chi connectivity index (χ2n) is 9.69. The molecule has 0 spiro atoms. The summed E-state index contributed by atoms with van der Waals surface area (Å²) in [6, 6.07) is 1.62. The molecule has 1 saturated heterocycles. The highest BCUT2D eigenvalue weighted by Crippen LogP contribution is 2.38. The quantitative estimate of drug-likeness (QED) is 0.366. The summed E-state index contributed by atoms with van der Waals surface area (Å²) < 4.78 is 24.2. The van der Waals surface area contributed by atoms with E-state index in [1.54, 1.807) is 43.1 Å². The predicted octanol–water partition coefficient (Wildman–Crippen LogP) is 2.53. The molecule has 3 heterocycles. The number of halogens is 1. The number of hydrogen-bond donors (Lipinski definition) is 2. The zero-order valence-electron chi connectivity index (χ0n) is 21.6. The van der Waals surface area contributed by atoms with Crippen molar-refractivity contribution in [2.75, 3.05) is 32.6 Å². The third-order valence-corrected chi connectivity index (χ3v) is 7.25. The van der Waals surface area contributed by atoms with Gasteiger partial charge in [-0.3, -0.25) is 9.59 Å². The molecule has 2 fully saturated rings. The van der Waals surface area contributed by atoms with Crippen LogP contribution in [0.3, 0.4) is 0 Å². The number of carbonyl (C=O) groups is 2. The first kappa shape index (κ1) is 25.5. The molecule has 3 N–H and O–H groups in total. The summed E-state index contributed by atoms with van der Waals surface area (Å²) in [7, 11) is 3.24. The molecule has 38 heavy (non-hydrogen) atoms. The SMILES string of the molecule is C=CC(=O)N1CC(n2nc(C#Cc3cc4ncn(C5CC5)c4c(F)c3C)c(C(N)=O)c2NC)C[C@@H]1COC. The van der Waals surface area contributed by atoms with Gasteiger partial charge in [-0.2, -0.15) is 5.10 Å². The number of likely N-dealkylation sites (tertiary alicyclic amines) is 1. The Morgan fingerprint density at radius 1 is 1.34 bits per heavy atom. The van der Waals surface area contributed by atoms with Gasteiger partial charge in [-0.1, -0.05) is 12.5 Å². The highest BCUT2D eigenvalue weighted by atomic mass is 19.1. The fourth-order valence-electron chi connectivity index (χ4n) is 5.20. The van der Waals surface area contributed by atoms with Crippen molar-refractivity contribution in [3.05, 3.63) is 53.3 Å². The Kier molecular flexibility index (Phi) is 6.67. The van der Waals surface area contributed by atoms with Crippen molar-refractivity contribution in [2.45, 2.75) is 44.3 Å². The molecular formula is C27H30FN7O3. The van der Waals surface area contributed by atoms with Gasteiger partial charge in [0.1, 0.15) is 16.9 Å². The zero-order chi connectivity index (χ0) is 27.1. The van der Waals surface area contributed by atoms with Crippen LogP contribution in [0.2, 0.25) is 0 Å². The molecular weight excluding hydrogens is 489 g/mol. The minimum absolute atomic E-state index is 0.133. The van der Waals surface area contributed by atoms with Gasteiger partial charge in [-0.05, 0) is 44.2 Å².